The molecule has 64 valence electrons. The van der Waals surface area contributed by atoms with Gasteiger partial charge in [0.25, 0.3) is 0 Å². The monoisotopic (exact) mass is 157 g/mol. The summed E-state index contributed by atoms with van der Waals surface area (Å²) >= 11 is 0. The van der Waals surface area contributed by atoms with Gasteiger partial charge in [0.15, 0.2) is 0 Å². The SMILES string of the molecule is CCC(=O)C1COC(CN)C1. The zero-order valence-corrected chi connectivity index (χ0v) is 6.88. The van der Waals surface area contributed by atoms with E-state index in [1.54, 1.807) is 0 Å². The number of Topliss-reactive ketones (excluding diaryl/α,β-unsaturated/α-hetero) is 1. The molecule has 0 saturated carbocycles. The van der Waals surface area contributed by atoms with Crippen LogP contribution in [-0.4, -0.2) is 25.0 Å². The molecule has 1 aliphatic rings. The lowest BCUT2D eigenvalue weighted by atomic mass is 9.99. The van der Waals surface area contributed by atoms with Crippen LogP contribution in [0.15, 0.2) is 0 Å². The molecule has 0 radical (unpaired) electrons. The summed E-state index contributed by atoms with van der Waals surface area (Å²) in [7, 11) is 0. The van der Waals surface area contributed by atoms with Gasteiger partial charge in [-0.3, -0.25) is 4.79 Å². The largest absolute Gasteiger partial charge is 0.376 e. The fourth-order valence-electron chi connectivity index (χ4n) is 1.38. The molecule has 11 heavy (non-hydrogen) atoms. The molecule has 0 aliphatic carbocycles. The molecular weight excluding hydrogens is 142 g/mol. The smallest absolute Gasteiger partial charge is 0.138 e. The second-order valence-corrected chi connectivity index (χ2v) is 2.94. The minimum absolute atomic E-state index is 0.119. The van der Waals surface area contributed by atoms with Crippen molar-refractivity contribution in [3.05, 3.63) is 0 Å². The van der Waals surface area contributed by atoms with Gasteiger partial charge in [0.2, 0.25) is 0 Å². The number of hydrogen-bond donors (Lipinski definition) is 1. The van der Waals surface area contributed by atoms with Crippen LogP contribution in [0.3, 0.4) is 0 Å². The molecule has 3 heteroatoms. The number of carbonyl (C=O) groups is 1. The number of ketones is 1. The Balaban J connectivity index is 2.35. The molecule has 0 spiro atoms. The Morgan fingerprint density at radius 1 is 1.73 bits per heavy atom. The van der Waals surface area contributed by atoms with Crippen molar-refractivity contribution in [2.24, 2.45) is 11.7 Å². The van der Waals surface area contributed by atoms with Crippen molar-refractivity contribution in [1.82, 2.24) is 0 Å². The fraction of sp³-hybridized carbons (Fsp3) is 0.875. The molecule has 1 aliphatic heterocycles. The van der Waals surface area contributed by atoms with Gasteiger partial charge in [-0.15, -0.1) is 0 Å². The van der Waals surface area contributed by atoms with Gasteiger partial charge in [0, 0.05) is 18.9 Å². The van der Waals surface area contributed by atoms with Crippen LogP contribution < -0.4 is 5.73 Å². The first kappa shape index (κ1) is 8.68. The molecule has 1 rings (SSSR count). The van der Waals surface area contributed by atoms with E-state index < -0.39 is 0 Å². The van der Waals surface area contributed by atoms with Gasteiger partial charge < -0.3 is 10.5 Å². The van der Waals surface area contributed by atoms with E-state index in [-0.39, 0.29) is 12.0 Å². The molecule has 1 heterocycles. The average Bonchev–Trinajstić information content (AvgIpc) is 2.50. The van der Waals surface area contributed by atoms with Crippen LogP contribution >= 0.6 is 0 Å². The maximum atomic E-state index is 11.2. The summed E-state index contributed by atoms with van der Waals surface area (Å²) in [5.41, 5.74) is 5.40. The molecule has 0 aromatic rings. The Bertz CT molecular complexity index is 147. The van der Waals surface area contributed by atoms with E-state index in [4.69, 9.17) is 10.5 Å². The maximum Gasteiger partial charge on any atom is 0.138 e. The van der Waals surface area contributed by atoms with Crippen molar-refractivity contribution < 1.29 is 9.53 Å². The van der Waals surface area contributed by atoms with E-state index in [0.29, 0.717) is 25.4 Å². The van der Waals surface area contributed by atoms with Gasteiger partial charge in [0.05, 0.1) is 12.7 Å². The van der Waals surface area contributed by atoms with Crippen molar-refractivity contribution in [2.45, 2.75) is 25.9 Å². The molecule has 2 N–H and O–H groups in total. The molecule has 0 aromatic carbocycles. The predicted octanol–water partition coefficient (Wildman–Crippen LogP) is 0.329. The van der Waals surface area contributed by atoms with Crippen molar-refractivity contribution in [1.29, 1.82) is 0 Å². The minimum Gasteiger partial charge on any atom is -0.376 e. The lowest BCUT2D eigenvalue weighted by Crippen LogP contribution is -2.19. The van der Waals surface area contributed by atoms with Crippen molar-refractivity contribution in [3.8, 4) is 0 Å². The Hall–Kier alpha value is -0.410. The third-order valence-electron chi connectivity index (χ3n) is 2.15. The summed E-state index contributed by atoms with van der Waals surface area (Å²) < 4.78 is 5.29. The summed E-state index contributed by atoms with van der Waals surface area (Å²) in [5, 5.41) is 0. The molecule has 0 aromatic heterocycles. The molecule has 1 fully saturated rings. The summed E-state index contributed by atoms with van der Waals surface area (Å²) in [6.45, 7) is 3.00. The fourth-order valence-corrected chi connectivity index (χ4v) is 1.38. The zero-order chi connectivity index (χ0) is 8.27. The second kappa shape index (κ2) is 3.83. The first-order valence-corrected chi connectivity index (χ1v) is 4.12. The van der Waals surface area contributed by atoms with E-state index in [1.165, 1.54) is 0 Å². The molecule has 0 amide bonds. The van der Waals surface area contributed by atoms with E-state index in [2.05, 4.69) is 0 Å². The summed E-state index contributed by atoms with van der Waals surface area (Å²) in [6, 6.07) is 0. The molecule has 1 saturated heterocycles. The van der Waals surface area contributed by atoms with Crippen LogP contribution in [0.1, 0.15) is 19.8 Å². The molecule has 2 unspecified atom stereocenters. The quantitative estimate of drug-likeness (QED) is 0.642. The first-order chi connectivity index (χ1) is 5.27. The van der Waals surface area contributed by atoms with E-state index in [9.17, 15) is 4.79 Å². The Labute approximate surface area is 66.9 Å². The van der Waals surface area contributed by atoms with Crippen LogP contribution in [0.4, 0.5) is 0 Å². The molecule has 2 atom stereocenters. The van der Waals surface area contributed by atoms with E-state index in [1.807, 2.05) is 6.92 Å². The van der Waals surface area contributed by atoms with Gasteiger partial charge in [0.1, 0.15) is 5.78 Å². The number of hydrogen-bond acceptors (Lipinski definition) is 3. The van der Waals surface area contributed by atoms with Crippen molar-refractivity contribution in [2.75, 3.05) is 13.2 Å². The number of rotatable bonds is 3. The van der Waals surface area contributed by atoms with Crippen LogP contribution in [0.2, 0.25) is 0 Å². The van der Waals surface area contributed by atoms with E-state index >= 15 is 0 Å². The lowest BCUT2D eigenvalue weighted by Gasteiger charge is -2.03. The van der Waals surface area contributed by atoms with Gasteiger partial charge in [-0.25, -0.2) is 0 Å². The highest BCUT2D eigenvalue weighted by atomic mass is 16.5. The maximum absolute atomic E-state index is 11.2. The third-order valence-corrected chi connectivity index (χ3v) is 2.15. The van der Waals surface area contributed by atoms with Crippen LogP contribution in [0.5, 0.6) is 0 Å². The summed E-state index contributed by atoms with van der Waals surface area (Å²) in [4.78, 5) is 11.2. The van der Waals surface area contributed by atoms with Crippen LogP contribution in [0, 0.1) is 5.92 Å². The lowest BCUT2D eigenvalue weighted by molar-refractivity contribution is -0.122. The molecule has 3 nitrogen and oxygen atoms in total. The Morgan fingerprint density at radius 2 is 2.45 bits per heavy atom. The Morgan fingerprint density at radius 3 is 2.91 bits per heavy atom. The van der Waals surface area contributed by atoms with Crippen molar-refractivity contribution >= 4 is 5.78 Å². The van der Waals surface area contributed by atoms with E-state index in [0.717, 1.165) is 6.42 Å². The molecule has 0 bridgehead atoms. The van der Waals surface area contributed by atoms with Gasteiger partial charge >= 0.3 is 0 Å². The highest BCUT2D eigenvalue weighted by molar-refractivity contribution is 5.81. The predicted molar refractivity (Wildman–Crippen MR) is 42.2 cm³/mol. The first-order valence-electron chi connectivity index (χ1n) is 4.12. The minimum atomic E-state index is 0.119. The zero-order valence-electron chi connectivity index (χ0n) is 6.88. The number of carbonyl (C=O) groups excluding carboxylic acids is 1. The average molecular weight is 157 g/mol. The summed E-state index contributed by atoms with van der Waals surface area (Å²) in [6.07, 6.45) is 1.56. The number of ether oxygens (including phenoxy) is 1. The highest BCUT2D eigenvalue weighted by Crippen LogP contribution is 2.20. The van der Waals surface area contributed by atoms with Gasteiger partial charge in [-0.1, -0.05) is 6.92 Å². The van der Waals surface area contributed by atoms with Crippen LogP contribution in [-0.2, 0) is 9.53 Å². The second-order valence-electron chi connectivity index (χ2n) is 2.94. The highest BCUT2D eigenvalue weighted by Gasteiger charge is 2.28. The van der Waals surface area contributed by atoms with Gasteiger partial charge in [-0.2, -0.15) is 0 Å². The summed E-state index contributed by atoms with van der Waals surface area (Å²) in [5.74, 6) is 0.425. The molecular formula is C8H15NO2. The standard InChI is InChI=1S/C8H15NO2/c1-2-8(10)6-3-7(4-9)11-5-6/h6-7H,2-5,9H2,1H3. The number of nitrogens with two attached hydrogens (primary N) is 1. The Kier molecular flexibility index (Phi) is 3.02. The van der Waals surface area contributed by atoms with Crippen molar-refractivity contribution in [3.63, 3.8) is 0 Å². The van der Waals surface area contributed by atoms with Gasteiger partial charge in [-0.05, 0) is 6.42 Å². The van der Waals surface area contributed by atoms with Crippen LogP contribution in [0.25, 0.3) is 0 Å². The third kappa shape index (κ3) is 2.01. The normalized spacial score (nSPS) is 30.7. The topological polar surface area (TPSA) is 52.3 Å².